The predicted molar refractivity (Wildman–Crippen MR) is 228 cm³/mol. The standard InChI is InChI=1S/C45H87N3O9/c1-4-7-10-13-16-19-22-25-34-55-43(52)40(49)37-47-31-28-46(29-32-47)30-33-48(38-41(50)44(53)56-35-26-23-20-17-14-11-8-5-2)39-42(51)45(54)57-36-27-24-21-18-15-12-9-6-3/h40-42,49-51H,4-39H2,1-3H3. The maximum Gasteiger partial charge on any atom is 0.336 e. The Labute approximate surface area is 347 Å². The molecule has 0 aliphatic carbocycles. The lowest BCUT2D eigenvalue weighted by atomic mass is 10.1. The summed E-state index contributed by atoms with van der Waals surface area (Å²) in [5.41, 5.74) is 0. The van der Waals surface area contributed by atoms with Crippen LogP contribution in [0.25, 0.3) is 0 Å². The average Bonchev–Trinajstić information content (AvgIpc) is 3.21. The number of hydrogen-bond donors (Lipinski definition) is 3. The molecule has 1 saturated heterocycles. The van der Waals surface area contributed by atoms with Crippen LogP contribution >= 0.6 is 0 Å². The van der Waals surface area contributed by atoms with Crippen LogP contribution in [0.5, 0.6) is 0 Å². The van der Waals surface area contributed by atoms with Crippen LogP contribution in [0.3, 0.4) is 0 Å². The zero-order valence-electron chi connectivity index (χ0n) is 36.8. The van der Waals surface area contributed by atoms with Crippen LogP contribution in [0.1, 0.15) is 175 Å². The first-order valence-electron chi connectivity index (χ1n) is 23.4. The molecule has 0 radical (unpaired) electrons. The number of rotatable bonds is 39. The van der Waals surface area contributed by atoms with Crippen LogP contribution in [0.15, 0.2) is 0 Å². The summed E-state index contributed by atoms with van der Waals surface area (Å²) in [6, 6.07) is 0. The molecular weight excluding hydrogens is 727 g/mol. The van der Waals surface area contributed by atoms with Crippen molar-refractivity contribution in [2.45, 2.75) is 193 Å². The van der Waals surface area contributed by atoms with Gasteiger partial charge in [0, 0.05) is 58.9 Å². The van der Waals surface area contributed by atoms with E-state index in [-0.39, 0.29) is 32.8 Å². The number of β-amino-alcohol motifs (C(OH)–C–C–N with tert-alkyl or cyclic N) is 1. The highest BCUT2D eigenvalue weighted by Crippen LogP contribution is 2.12. The second-order valence-electron chi connectivity index (χ2n) is 16.4. The third-order valence-electron chi connectivity index (χ3n) is 11.0. The van der Waals surface area contributed by atoms with Crippen molar-refractivity contribution in [3.8, 4) is 0 Å². The molecule has 1 fully saturated rings. The monoisotopic (exact) mass is 814 g/mol. The number of carbonyl (C=O) groups is 3. The Balaban J connectivity index is 2.51. The number of aliphatic hydroxyl groups is 3. The number of ether oxygens (including phenoxy) is 3. The van der Waals surface area contributed by atoms with Crippen LogP contribution in [0.4, 0.5) is 0 Å². The lowest BCUT2D eigenvalue weighted by Gasteiger charge is -2.36. The van der Waals surface area contributed by atoms with E-state index < -0.39 is 36.2 Å². The molecule has 3 N–H and O–H groups in total. The molecule has 0 amide bonds. The number of aliphatic hydroxyl groups excluding tert-OH is 3. The lowest BCUT2D eigenvalue weighted by molar-refractivity contribution is -0.157. The van der Waals surface area contributed by atoms with Crippen LogP contribution < -0.4 is 0 Å². The van der Waals surface area contributed by atoms with Gasteiger partial charge < -0.3 is 29.5 Å². The number of carbonyl (C=O) groups excluding carboxylic acids is 3. The maximum absolute atomic E-state index is 12.7. The molecule has 57 heavy (non-hydrogen) atoms. The third kappa shape index (κ3) is 29.9. The van der Waals surface area contributed by atoms with Gasteiger partial charge in [0.1, 0.15) is 0 Å². The van der Waals surface area contributed by atoms with Gasteiger partial charge in [0.15, 0.2) is 18.3 Å². The summed E-state index contributed by atoms with van der Waals surface area (Å²) in [6.45, 7) is 11.2. The minimum atomic E-state index is -1.41. The van der Waals surface area contributed by atoms with Crippen molar-refractivity contribution in [2.24, 2.45) is 0 Å². The second-order valence-corrected chi connectivity index (χ2v) is 16.4. The highest BCUT2D eigenvalue weighted by molar-refractivity contribution is 5.75. The Hall–Kier alpha value is -1.83. The van der Waals surface area contributed by atoms with E-state index in [0.717, 1.165) is 57.8 Å². The summed E-state index contributed by atoms with van der Waals surface area (Å²) in [5, 5.41) is 32.1. The van der Waals surface area contributed by atoms with Crippen molar-refractivity contribution >= 4 is 17.9 Å². The molecule has 1 aliphatic rings. The molecule has 1 rings (SSSR count). The fraction of sp³-hybridized carbons (Fsp3) is 0.933. The molecule has 0 aromatic heterocycles. The van der Waals surface area contributed by atoms with Crippen LogP contribution in [-0.4, -0.2) is 145 Å². The Kier molecular flexibility index (Phi) is 34.7. The summed E-state index contributed by atoms with van der Waals surface area (Å²) in [4.78, 5) is 43.8. The van der Waals surface area contributed by atoms with E-state index in [1.807, 2.05) is 0 Å². The van der Waals surface area contributed by atoms with Gasteiger partial charge in [0.25, 0.3) is 0 Å². The SMILES string of the molecule is CCCCCCCCCCOC(=O)C(O)CN1CCN(CCN(CC(O)C(=O)OCCCCCCCCCC)CC(O)C(=O)OCCCCCCCCCC)CC1. The molecule has 3 unspecified atom stereocenters. The van der Waals surface area contributed by atoms with Crippen LogP contribution in [0.2, 0.25) is 0 Å². The van der Waals surface area contributed by atoms with Crippen molar-refractivity contribution in [1.82, 2.24) is 14.7 Å². The molecule has 1 heterocycles. The molecule has 12 heteroatoms. The topological polar surface area (TPSA) is 149 Å². The minimum absolute atomic E-state index is 0.0775. The van der Waals surface area contributed by atoms with Crippen molar-refractivity contribution in [2.75, 3.05) is 78.7 Å². The van der Waals surface area contributed by atoms with E-state index in [9.17, 15) is 29.7 Å². The third-order valence-corrected chi connectivity index (χ3v) is 11.0. The largest absolute Gasteiger partial charge is 0.464 e. The predicted octanol–water partition coefficient (Wildman–Crippen LogP) is 7.04. The fourth-order valence-electron chi connectivity index (χ4n) is 7.21. The molecule has 0 aromatic carbocycles. The quantitative estimate of drug-likeness (QED) is 0.0332. The maximum atomic E-state index is 12.7. The van der Waals surface area contributed by atoms with E-state index in [1.54, 1.807) is 4.90 Å². The summed E-state index contributed by atoms with van der Waals surface area (Å²) in [5.74, 6) is -1.96. The highest BCUT2D eigenvalue weighted by atomic mass is 16.6. The van der Waals surface area contributed by atoms with E-state index in [1.165, 1.54) is 96.3 Å². The smallest absolute Gasteiger partial charge is 0.336 e. The average molecular weight is 814 g/mol. The Bertz CT molecular complexity index is 924. The zero-order valence-corrected chi connectivity index (χ0v) is 36.8. The van der Waals surface area contributed by atoms with Gasteiger partial charge in [0.2, 0.25) is 0 Å². The molecule has 1 aliphatic heterocycles. The van der Waals surface area contributed by atoms with Crippen molar-refractivity contribution in [3.63, 3.8) is 0 Å². The van der Waals surface area contributed by atoms with Crippen molar-refractivity contribution in [1.29, 1.82) is 0 Å². The Morgan fingerprint density at radius 3 is 1.11 bits per heavy atom. The van der Waals surface area contributed by atoms with Gasteiger partial charge in [-0.25, -0.2) is 14.4 Å². The van der Waals surface area contributed by atoms with Gasteiger partial charge in [-0.2, -0.15) is 0 Å². The molecule has 0 aromatic rings. The fourth-order valence-corrected chi connectivity index (χ4v) is 7.21. The molecule has 0 saturated carbocycles. The number of hydrogen-bond acceptors (Lipinski definition) is 12. The summed E-state index contributed by atoms with van der Waals surface area (Å²) in [6.07, 6.45) is 23.3. The van der Waals surface area contributed by atoms with Crippen molar-refractivity contribution in [3.05, 3.63) is 0 Å². The van der Waals surface area contributed by atoms with Crippen LogP contribution in [0, 0.1) is 0 Å². The molecule has 12 nitrogen and oxygen atoms in total. The summed E-state index contributed by atoms with van der Waals surface area (Å²) >= 11 is 0. The highest BCUT2D eigenvalue weighted by Gasteiger charge is 2.28. The molecule has 0 spiro atoms. The van der Waals surface area contributed by atoms with Crippen LogP contribution in [-0.2, 0) is 28.6 Å². The zero-order chi connectivity index (χ0) is 41.8. The molecular formula is C45H87N3O9. The van der Waals surface area contributed by atoms with Crippen molar-refractivity contribution < 1.29 is 43.9 Å². The Morgan fingerprint density at radius 2 is 0.754 bits per heavy atom. The minimum Gasteiger partial charge on any atom is -0.464 e. The van der Waals surface area contributed by atoms with E-state index in [0.29, 0.717) is 45.9 Å². The van der Waals surface area contributed by atoms with Gasteiger partial charge >= 0.3 is 17.9 Å². The summed E-state index contributed by atoms with van der Waals surface area (Å²) in [7, 11) is 0. The first-order valence-corrected chi connectivity index (χ1v) is 23.4. The normalized spacial score (nSPS) is 15.4. The lowest BCUT2D eigenvalue weighted by Crippen LogP contribution is -2.52. The molecule has 336 valence electrons. The van der Waals surface area contributed by atoms with Gasteiger partial charge in [-0.1, -0.05) is 156 Å². The number of unbranched alkanes of at least 4 members (excludes halogenated alkanes) is 21. The van der Waals surface area contributed by atoms with Gasteiger partial charge in [-0.05, 0) is 19.3 Å². The van der Waals surface area contributed by atoms with E-state index >= 15 is 0 Å². The molecule has 3 atom stereocenters. The van der Waals surface area contributed by atoms with Gasteiger partial charge in [-0.3, -0.25) is 14.7 Å². The second kappa shape index (κ2) is 37.2. The first-order chi connectivity index (χ1) is 27.7. The summed E-state index contributed by atoms with van der Waals surface area (Å²) < 4.78 is 16.1. The van der Waals surface area contributed by atoms with E-state index in [4.69, 9.17) is 14.2 Å². The molecule has 0 bridgehead atoms. The van der Waals surface area contributed by atoms with Gasteiger partial charge in [-0.15, -0.1) is 0 Å². The Morgan fingerprint density at radius 1 is 0.456 bits per heavy atom. The van der Waals surface area contributed by atoms with E-state index in [2.05, 4.69) is 30.6 Å². The number of esters is 3. The number of nitrogens with zero attached hydrogens (tertiary/aromatic N) is 3. The first kappa shape index (κ1) is 53.2. The number of piperazine rings is 1. The van der Waals surface area contributed by atoms with Gasteiger partial charge in [0.05, 0.1) is 19.8 Å².